The molecule has 2 rings (SSSR count). The SMILES string of the molecule is Clc1cccc(CCNC2CC2)c1. The van der Waals surface area contributed by atoms with Crippen LogP contribution in [0.1, 0.15) is 18.4 Å². The highest BCUT2D eigenvalue weighted by Gasteiger charge is 2.19. The molecule has 0 heterocycles. The summed E-state index contributed by atoms with van der Waals surface area (Å²) >= 11 is 5.88. The summed E-state index contributed by atoms with van der Waals surface area (Å²) in [6.45, 7) is 1.07. The van der Waals surface area contributed by atoms with Gasteiger partial charge in [0, 0.05) is 11.1 Å². The number of nitrogens with one attached hydrogen (secondary N) is 1. The second-order valence-electron chi connectivity index (χ2n) is 3.61. The molecule has 0 aromatic heterocycles. The molecule has 0 unspecified atom stereocenters. The van der Waals surface area contributed by atoms with Crippen LogP contribution in [0, 0.1) is 0 Å². The van der Waals surface area contributed by atoms with Crippen LogP contribution in [-0.4, -0.2) is 12.6 Å². The van der Waals surface area contributed by atoms with Gasteiger partial charge in [-0.15, -0.1) is 0 Å². The van der Waals surface area contributed by atoms with E-state index in [9.17, 15) is 0 Å². The number of rotatable bonds is 4. The van der Waals surface area contributed by atoms with Gasteiger partial charge >= 0.3 is 0 Å². The Morgan fingerprint density at radius 3 is 2.92 bits per heavy atom. The predicted octanol–water partition coefficient (Wildman–Crippen LogP) is 2.63. The van der Waals surface area contributed by atoms with Crippen molar-refractivity contribution in [3.8, 4) is 0 Å². The Bertz CT molecular complexity index is 281. The van der Waals surface area contributed by atoms with Gasteiger partial charge in [0.25, 0.3) is 0 Å². The molecule has 0 saturated heterocycles. The number of benzene rings is 1. The molecule has 1 aromatic carbocycles. The van der Waals surface area contributed by atoms with E-state index in [0.717, 1.165) is 24.0 Å². The van der Waals surface area contributed by atoms with E-state index in [-0.39, 0.29) is 0 Å². The number of hydrogen-bond acceptors (Lipinski definition) is 1. The summed E-state index contributed by atoms with van der Waals surface area (Å²) in [4.78, 5) is 0. The molecule has 0 amide bonds. The lowest BCUT2D eigenvalue weighted by atomic mass is 10.1. The minimum absolute atomic E-state index is 0.805. The summed E-state index contributed by atoms with van der Waals surface area (Å²) in [5.74, 6) is 0. The molecule has 1 saturated carbocycles. The van der Waals surface area contributed by atoms with E-state index in [2.05, 4.69) is 11.4 Å². The standard InChI is InChI=1S/C11H14ClN/c12-10-3-1-2-9(8-10)6-7-13-11-4-5-11/h1-3,8,11,13H,4-7H2. The third-order valence-corrected chi connectivity index (χ3v) is 2.55. The van der Waals surface area contributed by atoms with Crippen molar-refractivity contribution in [2.45, 2.75) is 25.3 Å². The Balaban J connectivity index is 1.79. The molecule has 1 N–H and O–H groups in total. The Hall–Kier alpha value is -0.530. The van der Waals surface area contributed by atoms with E-state index < -0.39 is 0 Å². The molecule has 0 bridgehead atoms. The van der Waals surface area contributed by atoms with Crippen molar-refractivity contribution in [2.24, 2.45) is 0 Å². The highest BCUT2D eigenvalue weighted by atomic mass is 35.5. The van der Waals surface area contributed by atoms with E-state index >= 15 is 0 Å². The second kappa shape index (κ2) is 4.12. The van der Waals surface area contributed by atoms with E-state index in [1.807, 2.05) is 18.2 Å². The van der Waals surface area contributed by atoms with Gasteiger partial charge in [-0.2, -0.15) is 0 Å². The van der Waals surface area contributed by atoms with Gasteiger partial charge in [0.2, 0.25) is 0 Å². The lowest BCUT2D eigenvalue weighted by Crippen LogP contribution is -2.19. The molecule has 1 nitrogen and oxygen atoms in total. The van der Waals surface area contributed by atoms with Crippen molar-refractivity contribution in [2.75, 3.05) is 6.54 Å². The first-order valence-corrected chi connectivity index (χ1v) is 5.20. The number of halogens is 1. The van der Waals surface area contributed by atoms with Crippen molar-refractivity contribution in [1.29, 1.82) is 0 Å². The average Bonchev–Trinajstić information content (AvgIpc) is 2.88. The molecule has 1 aromatic rings. The molecule has 1 fully saturated rings. The van der Waals surface area contributed by atoms with E-state index in [1.54, 1.807) is 0 Å². The largest absolute Gasteiger partial charge is 0.314 e. The van der Waals surface area contributed by atoms with Crippen LogP contribution in [0.3, 0.4) is 0 Å². The summed E-state index contributed by atoms with van der Waals surface area (Å²) in [6, 6.07) is 8.89. The minimum Gasteiger partial charge on any atom is -0.314 e. The quantitative estimate of drug-likeness (QED) is 0.779. The maximum atomic E-state index is 5.88. The molecule has 70 valence electrons. The first kappa shape index (κ1) is 9.04. The Morgan fingerprint density at radius 1 is 1.38 bits per heavy atom. The van der Waals surface area contributed by atoms with Crippen LogP contribution in [0.15, 0.2) is 24.3 Å². The van der Waals surface area contributed by atoms with E-state index in [1.165, 1.54) is 18.4 Å². The summed E-state index contributed by atoms with van der Waals surface area (Å²) in [6.07, 6.45) is 3.79. The Kier molecular flexibility index (Phi) is 2.87. The topological polar surface area (TPSA) is 12.0 Å². The lowest BCUT2D eigenvalue weighted by molar-refractivity contribution is 0.682. The van der Waals surface area contributed by atoms with Gasteiger partial charge in [-0.05, 0) is 43.5 Å². The van der Waals surface area contributed by atoms with Crippen LogP contribution in [0.2, 0.25) is 5.02 Å². The van der Waals surface area contributed by atoms with Crippen LogP contribution >= 0.6 is 11.6 Å². The molecule has 1 aliphatic rings. The smallest absolute Gasteiger partial charge is 0.0408 e. The predicted molar refractivity (Wildman–Crippen MR) is 56.2 cm³/mol. The minimum atomic E-state index is 0.805. The van der Waals surface area contributed by atoms with Gasteiger partial charge in [0.15, 0.2) is 0 Å². The maximum absolute atomic E-state index is 5.88. The van der Waals surface area contributed by atoms with Crippen molar-refractivity contribution in [3.05, 3.63) is 34.9 Å². The van der Waals surface area contributed by atoms with Gasteiger partial charge in [-0.1, -0.05) is 23.7 Å². The average molecular weight is 196 g/mol. The molecule has 0 atom stereocenters. The van der Waals surface area contributed by atoms with Crippen LogP contribution in [0.25, 0.3) is 0 Å². The zero-order chi connectivity index (χ0) is 9.10. The summed E-state index contributed by atoms with van der Waals surface area (Å²) in [7, 11) is 0. The highest BCUT2D eigenvalue weighted by Crippen LogP contribution is 2.18. The van der Waals surface area contributed by atoms with Crippen LogP contribution in [-0.2, 0) is 6.42 Å². The molecular weight excluding hydrogens is 182 g/mol. The summed E-state index contributed by atoms with van der Waals surface area (Å²) < 4.78 is 0. The van der Waals surface area contributed by atoms with Crippen molar-refractivity contribution < 1.29 is 0 Å². The van der Waals surface area contributed by atoms with Crippen LogP contribution in [0.5, 0.6) is 0 Å². The fourth-order valence-corrected chi connectivity index (χ4v) is 1.61. The van der Waals surface area contributed by atoms with Crippen molar-refractivity contribution in [3.63, 3.8) is 0 Å². The Morgan fingerprint density at radius 2 is 2.23 bits per heavy atom. The van der Waals surface area contributed by atoms with E-state index in [4.69, 9.17) is 11.6 Å². The normalized spacial score (nSPS) is 16.1. The molecule has 13 heavy (non-hydrogen) atoms. The second-order valence-corrected chi connectivity index (χ2v) is 4.04. The zero-order valence-corrected chi connectivity index (χ0v) is 8.35. The fourth-order valence-electron chi connectivity index (χ4n) is 1.40. The first-order valence-electron chi connectivity index (χ1n) is 4.82. The monoisotopic (exact) mass is 195 g/mol. The van der Waals surface area contributed by atoms with Gasteiger partial charge in [0.05, 0.1) is 0 Å². The van der Waals surface area contributed by atoms with Crippen molar-refractivity contribution in [1.82, 2.24) is 5.32 Å². The van der Waals surface area contributed by atoms with E-state index in [0.29, 0.717) is 0 Å². The Labute approximate surface area is 84.1 Å². The molecule has 0 spiro atoms. The van der Waals surface area contributed by atoms with Crippen LogP contribution in [0.4, 0.5) is 0 Å². The van der Waals surface area contributed by atoms with Gasteiger partial charge in [0.1, 0.15) is 0 Å². The van der Waals surface area contributed by atoms with Gasteiger partial charge in [-0.3, -0.25) is 0 Å². The van der Waals surface area contributed by atoms with Gasteiger partial charge < -0.3 is 5.32 Å². The molecule has 1 aliphatic carbocycles. The fraction of sp³-hybridized carbons (Fsp3) is 0.455. The lowest BCUT2D eigenvalue weighted by Gasteiger charge is -2.02. The molecule has 0 aliphatic heterocycles. The summed E-state index contributed by atoms with van der Waals surface area (Å²) in [5.41, 5.74) is 1.32. The highest BCUT2D eigenvalue weighted by molar-refractivity contribution is 6.30. The van der Waals surface area contributed by atoms with Crippen molar-refractivity contribution >= 4 is 11.6 Å². The molecule has 2 heteroatoms. The first-order chi connectivity index (χ1) is 6.34. The zero-order valence-electron chi connectivity index (χ0n) is 7.59. The molecule has 0 radical (unpaired) electrons. The van der Waals surface area contributed by atoms with Gasteiger partial charge in [-0.25, -0.2) is 0 Å². The third kappa shape index (κ3) is 3.02. The third-order valence-electron chi connectivity index (χ3n) is 2.31. The van der Waals surface area contributed by atoms with Crippen LogP contribution < -0.4 is 5.32 Å². The maximum Gasteiger partial charge on any atom is 0.0408 e. The number of hydrogen-bond donors (Lipinski definition) is 1. The molecular formula is C11H14ClN. The summed E-state index contributed by atoms with van der Waals surface area (Å²) in [5, 5.41) is 4.32.